The summed E-state index contributed by atoms with van der Waals surface area (Å²) >= 11 is 12.7. The molecule has 0 atom stereocenters. The fourth-order valence-electron chi connectivity index (χ4n) is 3.58. The number of pyridine rings is 1. The largest absolute Gasteiger partial charge is 0.432 e. The van der Waals surface area contributed by atoms with E-state index in [-0.39, 0.29) is 11.5 Å². The molecule has 33 heavy (non-hydrogen) atoms. The number of Topliss-reactive ketones (excluding diaryl/α,β-unsaturated/α-hetero) is 1. The predicted molar refractivity (Wildman–Crippen MR) is 137 cm³/mol. The Hall–Kier alpha value is -3.08. The summed E-state index contributed by atoms with van der Waals surface area (Å²) in [5.41, 5.74) is 3.55. The molecule has 0 bridgehead atoms. The summed E-state index contributed by atoms with van der Waals surface area (Å²) in [5.74, 6) is 0.143. The Bertz CT molecular complexity index is 1350. The van der Waals surface area contributed by atoms with E-state index in [0.717, 1.165) is 16.7 Å². The number of aromatic nitrogens is 1. The number of halogens is 2. The molecule has 4 rings (SSSR count). The van der Waals surface area contributed by atoms with Crippen molar-refractivity contribution < 1.29 is 9.21 Å². The van der Waals surface area contributed by atoms with Gasteiger partial charge < -0.3 is 9.73 Å². The number of ketones is 1. The molecule has 2 aromatic carbocycles. The molecule has 0 amide bonds. The van der Waals surface area contributed by atoms with Gasteiger partial charge in [0.25, 0.3) is 0 Å². The molecule has 0 spiro atoms. The Morgan fingerprint density at radius 2 is 1.79 bits per heavy atom. The van der Waals surface area contributed by atoms with Crippen LogP contribution in [0.1, 0.15) is 31.3 Å². The molecule has 0 aliphatic carbocycles. The standard InChI is InChI=1S/C27H24Cl2N2O2/c1-5-14-30-23-20-15-19(16-10-12-17(28)13-11-16)22(18-8-6-7-9-21(18)29)31-26(20)33-24(23)25(32)27(2,3)4/h5-13,15,30H,1,14H2,2-4H3. The van der Waals surface area contributed by atoms with Gasteiger partial charge in [0.05, 0.1) is 16.8 Å². The van der Waals surface area contributed by atoms with Gasteiger partial charge in [-0.15, -0.1) is 6.58 Å². The number of hydrogen-bond donors (Lipinski definition) is 1. The fraction of sp³-hybridized carbons (Fsp3) is 0.185. The van der Waals surface area contributed by atoms with E-state index in [1.165, 1.54) is 0 Å². The second-order valence-electron chi connectivity index (χ2n) is 8.78. The number of nitrogens with one attached hydrogen (secondary N) is 1. The third-order valence-electron chi connectivity index (χ3n) is 5.28. The van der Waals surface area contributed by atoms with Crippen molar-refractivity contribution in [2.45, 2.75) is 20.8 Å². The first kappa shape index (κ1) is 23.1. The Kier molecular flexibility index (Phi) is 6.33. The molecule has 168 valence electrons. The van der Waals surface area contributed by atoms with E-state index in [4.69, 9.17) is 32.6 Å². The second-order valence-corrected chi connectivity index (χ2v) is 9.62. The van der Waals surface area contributed by atoms with Crippen molar-refractivity contribution in [3.63, 3.8) is 0 Å². The van der Waals surface area contributed by atoms with Crippen LogP contribution >= 0.6 is 23.2 Å². The van der Waals surface area contributed by atoms with Crippen LogP contribution in [0.5, 0.6) is 0 Å². The quantitative estimate of drug-likeness (QED) is 0.223. The minimum atomic E-state index is -0.622. The second kappa shape index (κ2) is 9.05. The number of benzene rings is 2. The number of rotatable bonds is 6. The van der Waals surface area contributed by atoms with E-state index in [1.54, 1.807) is 6.08 Å². The molecule has 2 heterocycles. The zero-order valence-corrected chi connectivity index (χ0v) is 20.2. The number of carbonyl (C=O) groups excluding carboxylic acids is 1. The summed E-state index contributed by atoms with van der Waals surface area (Å²) in [6, 6.07) is 17.0. The van der Waals surface area contributed by atoms with Crippen LogP contribution in [-0.2, 0) is 0 Å². The maximum absolute atomic E-state index is 13.2. The van der Waals surface area contributed by atoms with E-state index in [0.29, 0.717) is 39.1 Å². The van der Waals surface area contributed by atoms with Crippen LogP contribution in [0.2, 0.25) is 10.0 Å². The summed E-state index contributed by atoms with van der Waals surface area (Å²) in [6.45, 7) is 9.84. The van der Waals surface area contributed by atoms with E-state index >= 15 is 0 Å². The molecule has 0 unspecified atom stereocenters. The predicted octanol–water partition coefficient (Wildman–Crippen LogP) is 8.30. The maximum atomic E-state index is 13.2. The number of nitrogens with zero attached hydrogens (tertiary/aromatic N) is 1. The van der Waals surface area contributed by atoms with E-state index in [2.05, 4.69) is 11.9 Å². The van der Waals surface area contributed by atoms with Crippen molar-refractivity contribution in [1.82, 2.24) is 4.98 Å². The summed E-state index contributed by atoms with van der Waals surface area (Å²) in [4.78, 5) is 18.1. The van der Waals surface area contributed by atoms with E-state index in [1.807, 2.05) is 75.4 Å². The number of fused-ring (bicyclic) bond motifs is 1. The monoisotopic (exact) mass is 478 g/mol. The molecule has 4 nitrogen and oxygen atoms in total. The minimum Gasteiger partial charge on any atom is -0.432 e. The van der Waals surface area contributed by atoms with Crippen LogP contribution in [0, 0.1) is 5.41 Å². The zero-order chi connectivity index (χ0) is 23.8. The van der Waals surface area contributed by atoms with Crippen molar-refractivity contribution >= 4 is 45.8 Å². The lowest BCUT2D eigenvalue weighted by Crippen LogP contribution is -2.20. The van der Waals surface area contributed by atoms with Crippen LogP contribution in [-0.4, -0.2) is 17.3 Å². The Balaban J connectivity index is 2.05. The lowest BCUT2D eigenvalue weighted by molar-refractivity contribution is 0.0831. The normalized spacial score (nSPS) is 11.5. The molecule has 0 radical (unpaired) electrons. The summed E-state index contributed by atoms with van der Waals surface area (Å²) in [6.07, 6.45) is 1.73. The first-order valence-electron chi connectivity index (χ1n) is 10.6. The summed E-state index contributed by atoms with van der Waals surface area (Å²) in [7, 11) is 0. The fourth-order valence-corrected chi connectivity index (χ4v) is 3.93. The smallest absolute Gasteiger partial charge is 0.229 e. The van der Waals surface area contributed by atoms with Gasteiger partial charge in [-0.25, -0.2) is 4.98 Å². The molecule has 4 aromatic rings. The highest BCUT2D eigenvalue weighted by Gasteiger charge is 2.31. The van der Waals surface area contributed by atoms with Crippen LogP contribution in [0.3, 0.4) is 0 Å². The molecular weight excluding hydrogens is 455 g/mol. The van der Waals surface area contributed by atoms with Gasteiger partial charge in [0.2, 0.25) is 11.5 Å². The van der Waals surface area contributed by atoms with Crippen LogP contribution in [0.15, 0.2) is 71.7 Å². The molecule has 0 saturated carbocycles. The molecule has 1 N–H and O–H groups in total. The van der Waals surface area contributed by atoms with Gasteiger partial charge in [-0.05, 0) is 29.8 Å². The molecule has 0 fully saturated rings. The molecule has 0 aliphatic rings. The third kappa shape index (κ3) is 4.54. The highest BCUT2D eigenvalue weighted by atomic mass is 35.5. The average molecular weight is 479 g/mol. The Morgan fingerprint density at radius 3 is 2.42 bits per heavy atom. The highest BCUT2D eigenvalue weighted by molar-refractivity contribution is 6.33. The Morgan fingerprint density at radius 1 is 1.09 bits per heavy atom. The molecular formula is C27H24Cl2N2O2. The summed E-state index contributed by atoms with van der Waals surface area (Å²) < 4.78 is 6.07. The van der Waals surface area contributed by atoms with Crippen LogP contribution < -0.4 is 5.32 Å². The van der Waals surface area contributed by atoms with Crippen molar-refractivity contribution in [3.05, 3.63) is 83.1 Å². The van der Waals surface area contributed by atoms with Gasteiger partial charge in [0, 0.05) is 33.1 Å². The van der Waals surface area contributed by atoms with Crippen LogP contribution in [0.25, 0.3) is 33.5 Å². The number of hydrogen-bond acceptors (Lipinski definition) is 4. The lowest BCUT2D eigenvalue weighted by atomic mass is 9.89. The highest BCUT2D eigenvalue weighted by Crippen LogP contribution is 2.41. The first-order valence-corrected chi connectivity index (χ1v) is 11.3. The van der Waals surface area contributed by atoms with Gasteiger partial charge in [-0.3, -0.25) is 4.79 Å². The minimum absolute atomic E-state index is 0.112. The average Bonchev–Trinajstić information content (AvgIpc) is 3.13. The maximum Gasteiger partial charge on any atom is 0.229 e. The molecule has 2 aromatic heterocycles. The zero-order valence-electron chi connectivity index (χ0n) is 18.7. The molecule has 0 saturated heterocycles. The summed E-state index contributed by atoms with van der Waals surface area (Å²) in [5, 5.41) is 5.20. The molecule has 0 aliphatic heterocycles. The van der Waals surface area contributed by atoms with Gasteiger partial charge >= 0.3 is 0 Å². The van der Waals surface area contributed by atoms with Crippen molar-refractivity contribution in [3.8, 4) is 22.4 Å². The topological polar surface area (TPSA) is 55.1 Å². The van der Waals surface area contributed by atoms with Crippen LogP contribution in [0.4, 0.5) is 5.69 Å². The first-order chi connectivity index (χ1) is 15.7. The number of anilines is 1. The van der Waals surface area contributed by atoms with Gasteiger partial charge in [0.15, 0.2) is 5.76 Å². The third-order valence-corrected chi connectivity index (χ3v) is 5.86. The Labute approximate surface area is 203 Å². The number of carbonyl (C=O) groups is 1. The van der Waals surface area contributed by atoms with E-state index in [9.17, 15) is 4.79 Å². The van der Waals surface area contributed by atoms with Crippen molar-refractivity contribution in [2.75, 3.05) is 11.9 Å². The number of furan rings is 1. The van der Waals surface area contributed by atoms with Crippen molar-refractivity contribution in [1.29, 1.82) is 0 Å². The van der Waals surface area contributed by atoms with Gasteiger partial charge in [-0.2, -0.15) is 0 Å². The van der Waals surface area contributed by atoms with Gasteiger partial charge in [-0.1, -0.05) is 80.4 Å². The van der Waals surface area contributed by atoms with Gasteiger partial charge in [0.1, 0.15) is 0 Å². The van der Waals surface area contributed by atoms with Crippen molar-refractivity contribution in [2.24, 2.45) is 5.41 Å². The molecule has 6 heteroatoms. The van der Waals surface area contributed by atoms with E-state index < -0.39 is 5.41 Å². The SMILES string of the molecule is C=CCNc1c(C(=O)C(C)(C)C)oc2nc(-c3ccccc3Cl)c(-c3ccc(Cl)cc3)cc12. The lowest BCUT2D eigenvalue weighted by Gasteiger charge is -2.15.